The number of furan rings is 1. The lowest BCUT2D eigenvalue weighted by Gasteiger charge is -2.19. The molecule has 74 valence electrons. The van der Waals surface area contributed by atoms with Crippen LogP contribution in [0.15, 0.2) is 10.5 Å². The minimum Gasteiger partial charge on any atom is -0.466 e. The zero-order chi connectivity index (χ0) is 10.2. The first-order valence-electron chi connectivity index (χ1n) is 4.93. The first-order valence-corrected chi connectivity index (χ1v) is 4.93. The SMILES string of the molecule is Cc1cc(C(C)(C)C)c(C(C)C)o1. The van der Waals surface area contributed by atoms with Crippen LogP contribution in [0, 0.1) is 6.92 Å². The van der Waals surface area contributed by atoms with Gasteiger partial charge in [0.25, 0.3) is 0 Å². The molecule has 0 aliphatic rings. The van der Waals surface area contributed by atoms with Crippen LogP contribution >= 0.6 is 0 Å². The minimum atomic E-state index is 0.192. The maximum absolute atomic E-state index is 5.70. The molecule has 0 spiro atoms. The van der Waals surface area contributed by atoms with E-state index in [1.54, 1.807) is 0 Å². The summed E-state index contributed by atoms with van der Waals surface area (Å²) in [5.41, 5.74) is 1.54. The van der Waals surface area contributed by atoms with E-state index in [2.05, 4.69) is 40.7 Å². The van der Waals surface area contributed by atoms with E-state index in [0.717, 1.165) is 11.5 Å². The second-order valence-electron chi connectivity index (χ2n) is 5.04. The summed E-state index contributed by atoms with van der Waals surface area (Å²) in [6.45, 7) is 13.0. The van der Waals surface area contributed by atoms with Crippen LogP contribution in [-0.2, 0) is 5.41 Å². The topological polar surface area (TPSA) is 13.1 Å². The van der Waals surface area contributed by atoms with Crippen LogP contribution in [0.25, 0.3) is 0 Å². The Balaban J connectivity index is 3.20. The summed E-state index contributed by atoms with van der Waals surface area (Å²) < 4.78 is 5.70. The highest BCUT2D eigenvalue weighted by Gasteiger charge is 2.23. The second-order valence-corrected chi connectivity index (χ2v) is 5.04. The highest BCUT2D eigenvalue weighted by Crippen LogP contribution is 2.32. The Bertz CT molecular complexity index is 287. The van der Waals surface area contributed by atoms with Gasteiger partial charge in [-0.25, -0.2) is 0 Å². The lowest BCUT2D eigenvalue weighted by atomic mass is 9.85. The lowest BCUT2D eigenvalue weighted by molar-refractivity contribution is 0.446. The molecule has 13 heavy (non-hydrogen) atoms. The quantitative estimate of drug-likeness (QED) is 0.636. The maximum Gasteiger partial charge on any atom is 0.110 e. The molecule has 0 bridgehead atoms. The standard InChI is InChI=1S/C12H20O/c1-8(2)11-10(12(4,5)6)7-9(3)13-11/h7-8H,1-6H3. The molecule has 1 heterocycles. The highest BCUT2D eigenvalue weighted by molar-refractivity contribution is 5.30. The third-order valence-corrected chi connectivity index (χ3v) is 2.22. The van der Waals surface area contributed by atoms with Crippen molar-refractivity contribution in [3.05, 3.63) is 23.2 Å². The Hall–Kier alpha value is -0.720. The first kappa shape index (κ1) is 10.4. The molecule has 0 N–H and O–H groups in total. The van der Waals surface area contributed by atoms with E-state index in [4.69, 9.17) is 4.42 Å². The fraction of sp³-hybridized carbons (Fsp3) is 0.667. The van der Waals surface area contributed by atoms with Gasteiger partial charge < -0.3 is 4.42 Å². The fourth-order valence-corrected chi connectivity index (χ4v) is 1.55. The normalized spacial score (nSPS) is 12.5. The zero-order valence-electron chi connectivity index (χ0n) is 9.56. The van der Waals surface area contributed by atoms with Crippen LogP contribution in [0.5, 0.6) is 0 Å². The van der Waals surface area contributed by atoms with Crippen molar-refractivity contribution in [2.24, 2.45) is 0 Å². The monoisotopic (exact) mass is 180 g/mol. The zero-order valence-corrected chi connectivity index (χ0v) is 9.56. The Kier molecular flexibility index (Phi) is 2.56. The van der Waals surface area contributed by atoms with Crippen molar-refractivity contribution < 1.29 is 4.42 Å². The summed E-state index contributed by atoms with van der Waals surface area (Å²) in [7, 11) is 0. The van der Waals surface area contributed by atoms with Crippen LogP contribution in [0.4, 0.5) is 0 Å². The van der Waals surface area contributed by atoms with Crippen LogP contribution in [0.2, 0.25) is 0 Å². The summed E-state index contributed by atoms with van der Waals surface area (Å²) in [6, 6.07) is 2.16. The van der Waals surface area contributed by atoms with Crippen LogP contribution in [0.1, 0.15) is 57.6 Å². The fourth-order valence-electron chi connectivity index (χ4n) is 1.55. The van der Waals surface area contributed by atoms with Crippen molar-refractivity contribution in [3.8, 4) is 0 Å². The third kappa shape index (κ3) is 2.15. The van der Waals surface area contributed by atoms with Crippen molar-refractivity contribution in [3.63, 3.8) is 0 Å². The molecule has 0 radical (unpaired) electrons. The molecular weight excluding hydrogens is 160 g/mol. The summed E-state index contributed by atoms with van der Waals surface area (Å²) in [5.74, 6) is 2.64. The van der Waals surface area contributed by atoms with Gasteiger partial charge in [0.05, 0.1) is 0 Å². The van der Waals surface area contributed by atoms with Crippen molar-refractivity contribution in [1.82, 2.24) is 0 Å². The van der Waals surface area contributed by atoms with E-state index in [-0.39, 0.29) is 5.41 Å². The number of hydrogen-bond acceptors (Lipinski definition) is 1. The van der Waals surface area contributed by atoms with Crippen molar-refractivity contribution in [2.45, 2.75) is 52.9 Å². The van der Waals surface area contributed by atoms with Gasteiger partial charge in [-0.05, 0) is 24.0 Å². The minimum absolute atomic E-state index is 0.192. The molecular formula is C12H20O. The molecule has 1 aromatic rings. The molecule has 0 amide bonds. The maximum atomic E-state index is 5.70. The van der Waals surface area contributed by atoms with Gasteiger partial charge in [0.15, 0.2) is 0 Å². The lowest BCUT2D eigenvalue weighted by Crippen LogP contribution is -2.12. The molecule has 0 fully saturated rings. The molecule has 0 saturated carbocycles. The molecule has 0 atom stereocenters. The van der Waals surface area contributed by atoms with Crippen LogP contribution < -0.4 is 0 Å². The van der Waals surface area contributed by atoms with Crippen molar-refractivity contribution in [1.29, 1.82) is 0 Å². The molecule has 0 aliphatic carbocycles. The number of aryl methyl sites for hydroxylation is 1. The van der Waals surface area contributed by atoms with Crippen LogP contribution in [0.3, 0.4) is 0 Å². The molecule has 1 heteroatoms. The Morgan fingerprint density at radius 2 is 1.77 bits per heavy atom. The van der Waals surface area contributed by atoms with E-state index in [1.807, 2.05) is 6.92 Å². The second kappa shape index (κ2) is 3.21. The van der Waals surface area contributed by atoms with Crippen molar-refractivity contribution in [2.75, 3.05) is 0 Å². The molecule has 0 aliphatic heterocycles. The molecule has 1 aromatic heterocycles. The number of rotatable bonds is 1. The van der Waals surface area contributed by atoms with Gasteiger partial charge in [-0.1, -0.05) is 34.6 Å². The third-order valence-electron chi connectivity index (χ3n) is 2.22. The summed E-state index contributed by atoms with van der Waals surface area (Å²) in [5, 5.41) is 0. The molecule has 1 rings (SSSR count). The summed E-state index contributed by atoms with van der Waals surface area (Å²) in [6.07, 6.45) is 0. The first-order chi connectivity index (χ1) is 5.82. The van der Waals surface area contributed by atoms with Gasteiger partial charge in [0.2, 0.25) is 0 Å². The average molecular weight is 180 g/mol. The van der Waals surface area contributed by atoms with Gasteiger partial charge in [-0.15, -0.1) is 0 Å². The van der Waals surface area contributed by atoms with Gasteiger partial charge in [-0.2, -0.15) is 0 Å². The predicted molar refractivity (Wildman–Crippen MR) is 56.2 cm³/mol. The molecule has 1 nitrogen and oxygen atoms in total. The summed E-state index contributed by atoms with van der Waals surface area (Å²) >= 11 is 0. The Morgan fingerprint density at radius 1 is 1.23 bits per heavy atom. The van der Waals surface area contributed by atoms with Gasteiger partial charge >= 0.3 is 0 Å². The van der Waals surface area contributed by atoms with E-state index in [1.165, 1.54) is 5.56 Å². The van der Waals surface area contributed by atoms with Crippen molar-refractivity contribution >= 4 is 0 Å². The molecule has 0 aromatic carbocycles. The van der Waals surface area contributed by atoms with Gasteiger partial charge in [0, 0.05) is 5.92 Å². The summed E-state index contributed by atoms with van der Waals surface area (Å²) in [4.78, 5) is 0. The molecule has 0 unspecified atom stereocenters. The van der Waals surface area contributed by atoms with Gasteiger partial charge in [0.1, 0.15) is 11.5 Å². The van der Waals surface area contributed by atoms with E-state index in [0.29, 0.717) is 5.92 Å². The molecule has 0 saturated heterocycles. The largest absolute Gasteiger partial charge is 0.466 e. The van der Waals surface area contributed by atoms with E-state index >= 15 is 0 Å². The smallest absolute Gasteiger partial charge is 0.110 e. The predicted octanol–water partition coefficient (Wildman–Crippen LogP) is 4.01. The van der Waals surface area contributed by atoms with Crippen LogP contribution in [-0.4, -0.2) is 0 Å². The Labute approximate surface area is 81.1 Å². The van der Waals surface area contributed by atoms with E-state index < -0.39 is 0 Å². The van der Waals surface area contributed by atoms with Gasteiger partial charge in [-0.3, -0.25) is 0 Å². The average Bonchev–Trinajstić information content (AvgIpc) is 2.29. The Morgan fingerprint density at radius 3 is 2.08 bits per heavy atom. The number of hydrogen-bond donors (Lipinski definition) is 0. The highest BCUT2D eigenvalue weighted by atomic mass is 16.3. The van der Waals surface area contributed by atoms with E-state index in [9.17, 15) is 0 Å².